The fraction of sp³-hybridized carbons (Fsp3) is 0.440. The Morgan fingerprint density at radius 1 is 1.03 bits per heavy atom. The van der Waals surface area contributed by atoms with Gasteiger partial charge in [-0.1, -0.05) is 35.9 Å². The molecular formula is C25H33ClN6O2S. The Balaban J connectivity index is 1.38. The first-order chi connectivity index (χ1) is 16.8. The highest BCUT2D eigenvalue weighted by Crippen LogP contribution is 2.22. The van der Waals surface area contributed by atoms with E-state index in [1.165, 1.54) is 0 Å². The van der Waals surface area contributed by atoms with Gasteiger partial charge in [0.2, 0.25) is 10.0 Å². The van der Waals surface area contributed by atoms with Crippen LogP contribution in [0.2, 0.25) is 5.02 Å². The molecule has 2 aromatic carbocycles. The van der Waals surface area contributed by atoms with Crippen molar-refractivity contribution in [3.63, 3.8) is 0 Å². The van der Waals surface area contributed by atoms with E-state index in [-0.39, 0.29) is 5.75 Å². The molecule has 1 fully saturated rings. The monoisotopic (exact) mass is 516 g/mol. The Labute approximate surface area is 213 Å². The summed E-state index contributed by atoms with van der Waals surface area (Å²) in [7, 11) is 0.739. The number of hydrogen-bond donors (Lipinski definition) is 1. The number of anilines is 1. The number of hydrogen-bond acceptors (Lipinski definition) is 7. The van der Waals surface area contributed by atoms with Crippen molar-refractivity contribution >= 4 is 38.3 Å². The van der Waals surface area contributed by atoms with Gasteiger partial charge < -0.3 is 10.2 Å². The minimum atomic E-state index is -3.40. The SMILES string of the molecule is CN(C)CCCNc1nc(CN2CCN(S(=O)(=O)Cc3cccc(Cl)c3)CC2)nc2ccccc12. The normalized spacial score (nSPS) is 15.7. The molecule has 0 aliphatic carbocycles. The first kappa shape index (κ1) is 25.8. The number of rotatable bonds is 10. The summed E-state index contributed by atoms with van der Waals surface area (Å²) < 4.78 is 27.4. The number of nitrogens with one attached hydrogen (secondary N) is 1. The fourth-order valence-corrected chi connectivity index (χ4v) is 5.94. The van der Waals surface area contributed by atoms with E-state index in [9.17, 15) is 8.42 Å². The van der Waals surface area contributed by atoms with Gasteiger partial charge in [0.25, 0.3) is 0 Å². The summed E-state index contributed by atoms with van der Waals surface area (Å²) in [5.74, 6) is 1.56. The molecule has 1 N–H and O–H groups in total. The van der Waals surface area contributed by atoms with Gasteiger partial charge in [-0.05, 0) is 56.9 Å². The Morgan fingerprint density at radius 2 is 1.80 bits per heavy atom. The summed E-state index contributed by atoms with van der Waals surface area (Å²) in [6.45, 7) is 4.60. The first-order valence-corrected chi connectivity index (χ1v) is 13.9. The van der Waals surface area contributed by atoms with E-state index >= 15 is 0 Å². The van der Waals surface area contributed by atoms with E-state index in [1.807, 2.05) is 24.3 Å². The molecule has 0 unspecified atom stereocenters. The van der Waals surface area contributed by atoms with Crippen LogP contribution in [0.1, 0.15) is 17.8 Å². The quantitative estimate of drug-likeness (QED) is 0.414. The molecular weight excluding hydrogens is 484 g/mol. The van der Waals surface area contributed by atoms with Crippen molar-refractivity contribution < 1.29 is 8.42 Å². The van der Waals surface area contributed by atoms with Crippen LogP contribution in [0.25, 0.3) is 10.9 Å². The van der Waals surface area contributed by atoms with E-state index in [0.717, 1.165) is 42.1 Å². The zero-order valence-corrected chi connectivity index (χ0v) is 21.9. The van der Waals surface area contributed by atoms with Crippen LogP contribution in [0.4, 0.5) is 5.82 Å². The van der Waals surface area contributed by atoms with Crippen molar-refractivity contribution in [1.29, 1.82) is 0 Å². The lowest BCUT2D eigenvalue weighted by molar-refractivity contribution is 0.178. The minimum absolute atomic E-state index is 0.0375. The summed E-state index contributed by atoms with van der Waals surface area (Å²) in [5, 5.41) is 5.04. The van der Waals surface area contributed by atoms with Crippen LogP contribution < -0.4 is 5.32 Å². The Kier molecular flexibility index (Phi) is 8.56. The van der Waals surface area contributed by atoms with Crippen LogP contribution in [0.5, 0.6) is 0 Å². The van der Waals surface area contributed by atoms with E-state index in [0.29, 0.717) is 43.3 Å². The molecule has 8 nitrogen and oxygen atoms in total. The maximum atomic E-state index is 12.9. The van der Waals surface area contributed by atoms with E-state index < -0.39 is 10.0 Å². The van der Waals surface area contributed by atoms with Crippen molar-refractivity contribution in [2.24, 2.45) is 0 Å². The average molecular weight is 517 g/mol. The predicted molar refractivity (Wildman–Crippen MR) is 142 cm³/mol. The number of halogens is 1. The largest absolute Gasteiger partial charge is 0.369 e. The topological polar surface area (TPSA) is 81.7 Å². The predicted octanol–water partition coefficient (Wildman–Crippen LogP) is 3.29. The van der Waals surface area contributed by atoms with Gasteiger partial charge in [0.1, 0.15) is 11.6 Å². The van der Waals surface area contributed by atoms with E-state index in [4.69, 9.17) is 21.6 Å². The second-order valence-corrected chi connectivity index (χ2v) is 11.6. The van der Waals surface area contributed by atoms with Crippen LogP contribution in [0.15, 0.2) is 48.5 Å². The molecule has 0 spiro atoms. The molecule has 1 aromatic heterocycles. The van der Waals surface area contributed by atoms with Crippen molar-refractivity contribution in [3.8, 4) is 0 Å². The molecule has 188 valence electrons. The summed E-state index contributed by atoms with van der Waals surface area (Å²) in [4.78, 5) is 14.0. The molecule has 1 aliphatic rings. The van der Waals surface area contributed by atoms with Gasteiger partial charge in [0.15, 0.2) is 0 Å². The number of nitrogens with zero attached hydrogens (tertiary/aromatic N) is 5. The van der Waals surface area contributed by atoms with Gasteiger partial charge in [0, 0.05) is 43.1 Å². The molecule has 35 heavy (non-hydrogen) atoms. The molecule has 0 bridgehead atoms. The molecule has 2 heterocycles. The van der Waals surface area contributed by atoms with Crippen molar-refractivity contribution in [1.82, 2.24) is 24.1 Å². The smallest absolute Gasteiger partial charge is 0.218 e. The standard InChI is InChI=1S/C25H33ClN6O2S/c1-30(2)12-6-11-27-25-22-9-3-4-10-23(22)28-24(29-25)18-31-13-15-32(16-14-31)35(33,34)19-20-7-5-8-21(26)17-20/h3-5,7-10,17H,6,11-16,18-19H2,1-2H3,(H,27,28,29). The van der Waals surface area contributed by atoms with Crippen LogP contribution in [0, 0.1) is 0 Å². The van der Waals surface area contributed by atoms with Gasteiger partial charge in [-0.25, -0.2) is 18.4 Å². The molecule has 0 radical (unpaired) electrons. The molecule has 1 saturated heterocycles. The average Bonchev–Trinajstić information content (AvgIpc) is 2.82. The summed E-state index contributed by atoms with van der Waals surface area (Å²) >= 11 is 6.02. The zero-order chi connectivity index (χ0) is 24.8. The molecule has 10 heteroatoms. The molecule has 1 aliphatic heterocycles. The third kappa shape index (κ3) is 7.11. The molecule has 3 aromatic rings. The van der Waals surface area contributed by atoms with Gasteiger partial charge in [0.05, 0.1) is 17.8 Å². The van der Waals surface area contributed by atoms with Crippen molar-refractivity contribution in [2.45, 2.75) is 18.7 Å². The summed E-state index contributed by atoms with van der Waals surface area (Å²) in [6.07, 6.45) is 1.02. The van der Waals surface area contributed by atoms with Gasteiger partial charge in [-0.2, -0.15) is 4.31 Å². The number of fused-ring (bicyclic) bond motifs is 1. The van der Waals surface area contributed by atoms with E-state index in [2.05, 4.69) is 29.2 Å². The maximum Gasteiger partial charge on any atom is 0.218 e. The lowest BCUT2D eigenvalue weighted by atomic mass is 10.2. The van der Waals surface area contributed by atoms with Crippen LogP contribution in [-0.4, -0.2) is 85.9 Å². The lowest BCUT2D eigenvalue weighted by Crippen LogP contribution is -2.48. The highest BCUT2D eigenvalue weighted by Gasteiger charge is 2.27. The summed E-state index contributed by atoms with van der Waals surface area (Å²) in [5.41, 5.74) is 1.62. The number of aromatic nitrogens is 2. The van der Waals surface area contributed by atoms with Gasteiger partial charge in [-0.15, -0.1) is 0 Å². The van der Waals surface area contributed by atoms with Gasteiger partial charge >= 0.3 is 0 Å². The second kappa shape index (κ2) is 11.6. The Hall–Kier alpha value is -2.30. The summed E-state index contributed by atoms with van der Waals surface area (Å²) in [6, 6.07) is 15.1. The lowest BCUT2D eigenvalue weighted by Gasteiger charge is -2.33. The van der Waals surface area contributed by atoms with Crippen LogP contribution in [0.3, 0.4) is 0 Å². The third-order valence-corrected chi connectivity index (χ3v) is 8.14. The maximum absolute atomic E-state index is 12.9. The van der Waals surface area contributed by atoms with Crippen molar-refractivity contribution in [3.05, 3.63) is 64.9 Å². The number of benzene rings is 2. The number of piperazine rings is 1. The first-order valence-electron chi connectivity index (χ1n) is 11.9. The van der Waals surface area contributed by atoms with Gasteiger partial charge in [-0.3, -0.25) is 4.90 Å². The van der Waals surface area contributed by atoms with E-state index in [1.54, 1.807) is 28.6 Å². The second-order valence-electron chi connectivity index (χ2n) is 9.15. The highest BCUT2D eigenvalue weighted by atomic mass is 35.5. The molecule has 4 rings (SSSR count). The Morgan fingerprint density at radius 3 is 2.54 bits per heavy atom. The molecule has 0 amide bonds. The van der Waals surface area contributed by atoms with Crippen LogP contribution in [-0.2, 0) is 22.3 Å². The third-order valence-electron chi connectivity index (χ3n) is 6.05. The zero-order valence-electron chi connectivity index (χ0n) is 20.3. The number of sulfonamides is 1. The Bertz CT molecular complexity index is 1250. The minimum Gasteiger partial charge on any atom is -0.369 e. The fourth-order valence-electron chi connectivity index (χ4n) is 4.23. The molecule has 0 atom stereocenters. The molecule has 0 saturated carbocycles. The highest BCUT2D eigenvalue weighted by molar-refractivity contribution is 7.88. The van der Waals surface area contributed by atoms with Crippen molar-refractivity contribution in [2.75, 3.05) is 58.7 Å². The van der Waals surface area contributed by atoms with Crippen LogP contribution >= 0.6 is 11.6 Å². The number of para-hydroxylation sites is 1.